The quantitative estimate of drug-likeness (QED) is 0.737. The predicted molar refractivity (Wildman–Crippen MR) is 74.8 cm³/mol. The Kier molecular flexibility index (Phi) is 6.10. The topological polar surface area (TPSA) is 52.8 Å². The fourth-order valence-corrected chi connectivity index (χ4v) is 2.76. The molecule has 0 aliphatic heterocycles. The predicted octanol–water partition coefficient (Wildman–Crippen LogP) is 2.13. The van der Waals surface area contributed by atoms with Gasteiger partial charge >= 0.3 is 0 Å². The molecular weight excluding hydrogens is 244 g/mol. The van der Waals surface area contributed by atoms with Gasteiger partial charge in [-0.05, 0) is 32.5 Å². The zero-order valence-corrected chi connectivity index (χ0v) is 12.3. The van der Waals surface area contributed by atoms with Crippen LogP contribution >= 0.6 is 11.8 Å². The highest BCUT2D eigenvalue weighted by Crippen LogP contribution is 2.24. The van der Waals surface area contributed by atoms with Gasteiger partial charge < -0.3 is 4.90 Å². The molecule has 0 bridgehead atoms. The van der Waals surface area contributed by atoms with E-state index in [1.807, 2.05) is 21.0 Å². The zero-order valence-electron chi connectivity index (χ0n) is 11.5. The van der Waals surface area contributed by atoms with Crippen molar-refractivity contribution in [2.75, 3.05) is 26.4 Å². The molecular formula is C13H20N4S. The van der Waals surface area contributed by atoms with E-state index in [0.29, 0.717) is 5.56 Å². The Balaban J connectivity index is 2.95. The summed E-state index contributed by atoms with van der Waals surface area (Å²) in [5.74, 6) is 0.922. The average molecular weight is 264 g/mol. The van der Waals surface area contributed by atoms with Crippen LogP contribution < -0.4 is 0 Å². The third-order valence-electron chi connectivity index (χ3n) is 2.70. The Labute approximate surface area is 113 Å². The molecule has 0 saturated heterocycles. The molecule has 0 unspecified atom stereocenters. The summed E-state index contributed by atoms with van der Waals surface area (Å²) in [6, 6.07) is 2.29. The van der Waals surface area contributed by atoms with E-state index < -0.39 is 0 Å². The van der Waals surface area contributed by atoms with E-state index in [0.717, 1.165) is 41.4 Å². The number of hydrogen-bond donors (Lipinski definition) is 0. The van der Waals surface area contributed by atoms with Crippen molar-refractivity contribution in [1.29, 1.82) is 5.26 Å². The first-order valence-electron chi connectivity index (χ1n) is 6.20. The summed E-state index contributed by atoms with van der Waals surface area (Å²) in [6.07, 6.45) is 1.66. The third-order valence-corrected chi connectivity index (χ3v) is 3.65. The molecule has 0 aliphatic carbocycles. The standard InChI is InChI=1S/C13H20N4S/c1-5-10-11(9-14)13(16-15-12(10)6-2)18-8-7-17(3)4/h5-8H2,1-4H3. The highest BCUT2D eigenvalue weighted by molar-refractivity contribution is 7.99. The van der Waals surface area contributed by atoms with Crippen LogP contribution in [0, 0.1) is 11.3 Å². The molecule has 0 atom stereocenters. The summed E-state index contributed by atoms with van der Waals surface area (Å²) in [5, 5.41) is 18.5. The summed E-state index contributed by atoms with van der Waals surface area (Å²) < 4.78 is 0. The summed E-state index contributed by atoms with van der Waals surface area (Å²) >= 11 is 1.61. The van der Waals surface area contributed by atoms with E-state index in [-0.39, 0.29) is 0 Å². The van der Waals surface area contributed by atoms with Gasteiger partial charge in [0.25, 0.3) is 0 Å². The zero-order chi connectivity index (χ0) is 13.5. The van der Waals surface area contributed by atoms with Crippen LogP contribution in [0.25, 0.3) is 0 Å². The van der Waals surface area contributed by atoms with Gasteiger partial charge in [0, 0.05) is 12.3 Å². The second-order valence-electron chi connectivity index (χ2n) is 4.28. The Morgan fingerprint density at radius 3 is 2.44 bits per heavy atom. The van der Waals surface area contributed by atoms with Crippen LogP contribution in [0.4, 0.5) is 0 Å². The first-order valence-corrected chi connectivity index (χ1v) is 7.18. The lowest BCUT2D eigenvalue weighted by Crippen LogP contribution is -2.15. The maximum Gasteiger partial charge on any atom is 0.137 e. The molecule has 0 spiro atoms. The van der Waals surface area contributed by atoms with Crippen LogP contribution in [-0.4, -0.2) is 41.5 Å². The number of thioether (sulfide) groups is 1. The summed E-state index contributed by atoms with van der Waals surface area (Å²) in [7, 11) is 4.07. The molecule has 98 valence electrons. The molecule has 0 aromatic carbocycles. The molecule has 0 fully saturated rings. The Morgan fingerprint density at radius 1 is 1.22 bits per heavy atom. The van der Waals surface area contributed by atoms with Crippen molar-refractivity contribution < 1.29 is 0 Å². The second kappa shape index (κ2) is 7.34. The SMILES string of the molecule is CCc1nnc(SCCN(C)C)c(C#N)c1CC. The smallest absolute Gasteiger partial charge is 0.137 e. The maximum absolute atomic E-state index is 9.32. The van der Waals surface area contributed by atoms with Gasteiger partial charge in [0.15, 0.2) is 0 Å². The highest BCUT2D eigenvalue weighted by atomic mass is 32.2. The number of rotatable bonds is 6. The summed E-state index contributed by atoms with van der Waals surface area (Å²) in [6.45, 7) is 5.07. The van der Waals surface area contributed by atoms with Crippen LogP contribution in [0.2, 0.25) is 0 Å². The lowest BCUT2D eigenvalue weighted by Gasteiger charge is -2.11. The first kappa shape index (κ1) is 14.9. The normalized spacial score (nSPS) is 10.7. The molecule has 0 amide bonds. The van der Waals surface area contributed by atoms with E-state index in [1.165, 1.54) is 0 Å². The molecule has 18 heavy (non-hydrogen) atoms. The largest absolute Gasteiger partial charge is 0.309 e. The summed E-state index contributed by atoms with van der Waals surface area (Å²) in [4.78, 5) is 2.12. The van der Waals surface area contributed by atoms with Crippen molar-refractivity contribution in [3.8, 4) is 6.07 Å². The molecule has 0 saturated carbocycles. The van der Waals surface area contributed by atoms with Crippen molar-refractivity contribution in [2.24, 2.45) is 0 Å². The number of aromatic nitrogens is 2. The minimum Gasteiger partial charge on any atom is -0.309 e. The molecule has 4 nitrogen and oxygen atoms in total. The summed E-state index contributed by atoms with van der Waals surface area (Å²) in [5.41, 5.74) is 2.72. The van der Waals surface area contributed by atoms with Gasteiger partial charge in [-0.15, -0.1) is 16.9 Å². The lowest BCUT2D eigenvalue weighted by molar-refractivity contribution is 0.437. The third kappa shape index (κ3) is 3.69. The van der Waals surface area contributed by atoms with Crippen molar-refractivity contribution >= 4 is 11.8 Å². The van der Waals surface area contributed by atoms with Gasteiger partial charge in [-0.2, -0.15) is 10.4 Å². The van der Waals surface area contributed by atoms with Gasteiger partial charge in [0.2, 0.25) is 0 Å². The minimum atomic E-state index is 0.716. The molecule has 1 rings (SSSR count). The van der Waals surface area contributed by atoms with Crippen molar-refractivity contribution in [3.63, 3.8) is 0 Å². The van der Waals surface area contributed by atoms with Crippen molar-refractivity contribution in [3.05, 3.63) is 16.8 Å². The van der Waals surface area contributed by atoms with Crippen molar-refractivity contribution in [2.45, 2.75) is 31.7 Å². The van der Waals surface area contributed by atoms with Gasteiger partial charge in [-0.3, -0.25) is 0 Å². The fourth-order valence-electron chi connectivity index (χ4n) is 1.70. The van der Waals surface area contributed by atoms with Gasteiger partial charge in [-0.1, -0.05) is 13.8 Å². The van der Waals surface area contributed by atoms with Gasteiger partial charge in [0.05, 0.1) is 11.3 Å². The Hall–Kier alpha value is -1.12. The minimum absolute atomic E-state index is 0.716. The van der Waals surface area contributed by atoms with Crippen LogP contribution in [0.1, 0.15) is 30.7 Å². The number of aryl methyl sites for hydroxylation is 1. The second-order valence-corrected chi connectivity index (χ2v) is 5.36. The monoisotopic (exact) mass is 264 g/mol. The van der Waals surface area contributed by atoms with E-state index in [9.17, 15) is 5.26 Å². The van der Waals surface area contributed by atoms with Crippen LogP contribution in [-0.2, 0) is 12.8 Å². The Bertz CT molecular complexity index is 437. The van der Waals surface area contributed by atoms with E-state index >= 15 is 0 Å². The molecule has 1 aromatic heterocycles. The van der Waals surface area contributed by atoms with Crippen molar-refractivity contribution in [1.82, 2.24) is 15.1 Å². The van der Waals surface area contributed by atoms with Crippen LogP contribution in [0.15, 0.2) is 5.03 Å². The molecule has 0 aliphatic rings. The van der Waals surface area contributed by atoms with Gasteiger partial charge in [0.1, 0.15) is 11.1 Å². The molecule has 1 aromatic rings. The molecule has 1 heterocycles. The van der Waals surface area contributed by atoms with E-state index in [1.54, 1.807) is 11.8 Å². The fraction of sp³-hybridized carbons (Fsp3) is 0.615. The maximum atomic E-state index is 9.32. The molecule has 0 radical (unpaired) electrons. The Morgan fingerprint density at radius 2 is 1.94 bits per heavy atom. The van der Waals surface area contributed by atoms with E-state index in [4.69, 9.17) is 0 Å². The van der Waals surface area contributed by atoms with Gasteiger partial charge in [-0.25, -0.2) is 0 Å². The number of hydrogen-bond acceptors (Lipinski definition) is 5. The molecule has 0 N–H and O–H groups in total. The average Bonchev–Trinajstić information content (AvgIpc) is 2.37. The lowest BCUT2D eigenvalue weighted by atomic mass is 10.1. The van der Waals surface area contributed by atoms with E-state index in [2.05, 4.69) is 28.1 Å². The molecule has 5 heteroatoms. The first-order chi connectivity index (χ1) is 8.63. The van der Waals surface area contributed by atoms with Crippen LogP contribution in [0.3, 0.4) is 0 Å². The highest BCUT2D eigenvalue weighted by Gasteiger charge is 2.14. The number of nitriles is 1. The van der Waals surface area contributed by atoms with Crippen LogP contribution in [0.5, 0.6) is 0 Å². The number of nitrogens with zero attached hydrogens (tertiary/aromatic N) is 4.